The summed E-state index contributed by atoms with van der Waals surface area (Å²) < 4.78 is 38.7. The smallest absolute Gasteiger partial charge is 0.408 e. The van der Waals surface area contributed by atoms with Gasteiger partial charge in [0.25, 0.3) is 0 Å². The van der Waals surface area contributed by atoms with Gasteiger partial charge in [-0.1, -0.05) is 68.4 Å². The molecule has 2 amide bonds. The van der Waals surface area contributed by atoms with Crippen molar-refractivity contribution in [2.45, 2.75) is 31.4 Å². The van der Waals surface area contributed by atoms with Gasteiger partial charge < -0.3 is 20.1 Å². The van der Waals surface area contributed by atoms with E-state index in [0.29, 0.717) is 29.7 Å². The van der Waals surface area contributed by atoms with E-state index < -0.39 is 28.1 Å². The van der Waals surface area contributed by atoms with Crippen molar-refractivity contribution in [2.24, 2.45) is 5.92 Å². The van der Waals surface area contributed by atoms with Gasteiger partial charge in [-0.25, -0.2) is 13.2 Å². The first kappa shape index (κ1) is 26.6. The molecule has 0 bridgehead atoms. The number of ether oxygens (including phenoxy) is 2. The SMILES string of the molecule is CC(C)[C@H](NC(=O)OCc1ccccc1)C(=O)Nc1cccc2c(S(=O)(=O)N3CCOCC3)cccc12. The van der Waals surface area contributed by atoms with E-state index in [9.17, 15) is 18.0 Å². The molecule has 196 valence electrons. The molecule has 1 atom stereocenters. The standard InChI is InChI=1S/C27H31N3O6S/c1-19(2)25(29-27(32)36-18-20-8-4-3-5-9-20)26(31)28-23-12-6-11-22-21(23)10-7-13-24(22)37(33,34)30-14-16-35-17-15-30/h3-13,19,25H,14-18H2,1-2H3,(H,28,31)(H,29,32)/t25-/m0/s1. The summed E-state index contributed by atoms with van der Waals surface area (Å²) in [5, 5.41) is 6.60. The lowest BCUT2D eigenvalue weighted by Gasteiger charge is -2.26. The highest BCUT2D eigenvalue weighted by Crippen LogP contribution is 2.31. The van der Waals surface area contributed by atoms with E-state index >= 15 is 0 Å². The van der Waals surface area contributed by atoms with E-state index in [1.807, 2.05) is 44.2 Å². The van der Waals surface area contributed by atoms with Crippen molar-refractivity contribution < 1.29 is 27.5 Å². The molecule has 0 saturated carbocycles. The van der Waals surface area contributed by atoms with Gasteiger partial charge in [0, 0.05) is 29.5 Å². The predicted octanol–water partition coefficient (Wildman–Crippen LogP) is 3.75. The number of carbonyl (C=O) groups is 2. The zero-order valence-corrected chi connectivity index (χ0v) is 21.7. The molecule has 1 heterocycles. The molecule has 1 fully saturated rings. The molecule has 9 nitrogen and oxygen atoms in total. The molecule has 3 aromatic rings. The third-order valence-corrected chi connectivity index (χ3v) is 8.12. The first-order valence-corrected chi connectivity index (χ1v) is 13.6. The second kappa shape index (κ2) is 11.7. The van der Waals surface area contributed by atoms with Gasteiger partial charge in [-0.2, -0.15) is 4.31 Å². The Bertz CT molecular complexity index is 1360. The largest absolute Gasteiger partial charge is 0.445 e. The van der Waals surface area contributed by atoms with Crippen molar-refractivity contribution in [2.75, 3.05) is 31.6 Å². The molecule has 0 radical (unpaired) electrons. The molecule has 0 aromatic heterocycles. The zero-order chi connectivity index (χ0) is 26.4. The summed E-state index contributed by atoms with van der Waals surface area (Å²) in [5.41, 5.74) is 1.29. The first-order valence-electron chi connectivity index (χ1n) is 12.1. The lowest BCUT2D eigenvalue weighted by Crippen LogP contribution is -2.47. The Morgan fingerprint density at radius 1 is 0.946 bits per heavy atom. The minimum atomic E-state index is -3.74. The van der Waals surface area contributed by atoms with Crippen molar-refractivity contribution in [1.29, 1.82) is 0 Å². The van der Waals surface area contributed by atoms with Crippen LogP contribution < -0.4 is 10.6 Å². The van der Waals surface area contributed by atoms with Crippen LogP contribution in [0.15, 0.2) is 71.6 Å². The van der Waals surface area contributed by atoms with Gasteiger partial charge in [-0.15, -0.1) is 0 Å². The highest BCUT2D eigenvalue weighted by Gasteiger charge is 2.29. The van der Waals surface area contributed by atoms with E-state index in [1.165, 1.54) is 4.31 Å². The predicted molar refractivity (Wildman–Crippen MR) is 141 cm³/mol. The Morgan fingerprint density at radius 3 is 2.32 bits per heavy atom. The van der Waals surface area contributed by atoms with E-state index in [0.717, 1.165) is 5.56 Å². The summed E-state index contributed by atoms with van der Waals surface area (Å²) in [5.74, 6) is -0.655. The number of rotatable bonds is 8. The summed E-state index contributed by atoms with van der Waals surface area (Å²) in [7, 11) is -3.74. The van der Waals surface area contributed by atoms with Gasteiger partial charge in [-0.05, 0) is 23.6 Å². The quantitative estimate of drug-likeness (QED) is 0.463. The van der Waals surface area contributed by atoms with E-state index in [2.05, 4.69) is 10.6 Å². The number of anilines is 1. The van der Waals surface area contributed by atoms with Crippen LogP contribution in [0.2, 0.25) is 0 Å². The van der Waals surface area contributed by atoms with Crippen LogP contribution in [0.25, 0.3) is 10.8 Å². The Morgan fingerprint density at radius 2 is 1.62 bits per heavy atom. The number of amides is 2. The number of nitrogens with zero attached hydrogens (tertiary/aromatic N) is 1. The molecule has 1 saturated heterocycles. The van der Waals surface area contributed by atoms with Crippen LogP contribution >= 0.6 is 0 Å². The Balaban J connectivity index is 1.52. The van der Waals surface area contributed by atoms with Gasteiger partial charge >= 0.3 is 6.09 Å². The highest BCUT2D eigenvalue weighted by atomic mass is 32.2. The molecule has 0 unspecified atom stereocenters. The van der Waals surface area contributed by atoms with Gasteiger partial charge in [0.2, 0.25) is 15.9 Å². The average molecular weight is 526 g/mol. The number of benzene rings is 3. The maximum atomic E-state index is 13.3. The minimum Gasteiger partial charge on any atom is -0.445 e. The van der Waals surface area contributed by atoms with Crippen molar-refractivity contribution in [3.05, 3.63) is 72.3 Å². The molecule has 1 aliphatic rings. The number of morpholine rings is 1. The Labute approximate surface area is 216 Å². The molecular weight excluding hydrogens is 494 g/mol. The molecular formula is C27H31N3O6S. The zero-order valence-electron chi connectivity index (χ0n) is 20.8. The van der Waals surface area contributed by atoms with Crippen LogP contribution in [0.4, 0.5) is 10.5 Å². The van der Waals surface area contributed by atoms with Gasteiger partial charge in [0.05, 0.1) is 18.1 Å². The second-order valence-electron chi connectivity index (χ2n) is 9.09. The Hall–Kier alpha value is -3.47. The minimum absolute atomic E-state index is 0.0861. The Kier molecular flexibility index (Phi) is 8.42. The van der Waals surface area contributed by atoms with Crippen LogP contribution in [-0.4, -0.2) is 57.1 Å². The number of hydrogen-bond acceptors (Lipinski definition) is 6. The molecule has 0 aliphatic carbocycles. The van der Waals surface area contributed by atoms with E-state index in [1.54, 1.807) is 36.4 Å². The van der Waals surface area contributed by atoms with Crippen molar-refractivity contribution in [3.63, 3.8) is 0 Å². The maximum absolute atomic E-state index is 13.3. The molecule has 2 N–H and O–H groups in total. The average Bonchev–Trinajstić information content (AvgIpc) is 2.91. The number of hydrogen-bond donors (Lipinski definition) is 2. The molecule has 4 rings (SSSR count). The molecule has 0 spiro atoms. The fourth-order valence-electron chi connectivity index (χ4n) is 4.18. The number of alkyl carbamates (subject to hydrolysis) is 1. The summed E-state index contributed by atoms with van der Waals surface area (Å²) >= 11 is 0. The summed E-state index contributed by atoms with van der Waals surface area (Å²) in [6.07, 6.45) is -0.700. The van der Waals surface area contributed by atoms with Crippen LogP contribution in [0.5, 0.6) is 0 Å². The molecule has 10 heteroatoms. The maximum Gasteiger partial charge on any atom is 0.408 e. The van der Waals surface area contributed by atoms with Crippen LogP contribution in [0, 0.1) is 5.92 Å². The lowest BCUT2D eigenvalue weighted by molar-refractivity contribution is -0.119. The van der Waals surface area contributed by atoms with E-state index in [-0.39, 0.29) is 30.5 Å². The molecule has 1 aliphatic heterocycles. The topological polar surface area (TPSA) is 114 Å². The summed E-state index contributed by atoms with van der Waals surface area (Å²) in [6, 6.07) is 18.5. The second-order valence-corrected chi connectivity index (χ2v) is 11.0. The molecule has 3 aromatic carbocycles. The highest BCUT2D eigenvalue weighted by molar-refractivity contribution is 7.89. The number of sulfonamides is 1. The normalized spacial score (nSPS) is 15.3. The number of nitrogens with one attached hydrogen (secondary N) is 2. The van der Waals surface area contributed by atoms with Crippen LogP contribution in [-0.2, 0) is 30.9 Å². The third-order valence-electron chi connectivity index (χ3n) is 6.16. The van der Waals surface area contributed by atoms with Crippen LogP contribution in [0.1, 0.15) is 19.4 Å². The van der Waals surface area contributed by atoms with Gasteiger partial charge in [-0.3, -0.25) is 4.79 Å². The van der Waals surface area contributed by atoms with Crippen molar-refractivity contribution in [1.82, 2.24) is 9.62 Å². The monoisotopic (exact) mass is 525 g/mol. The fourth-order valence-corrected chi connectivity index (χ4v) is 5.79. The van der Waals surface area contributed by atoms with Crippen molar-refractivity contribution in [3.8, 4) is 0 Å². The summed E-state index contributed by atoms with van der Waals surface area (Å²) in [6.45, 7) is 5.00. The van der Waals surface area contributed by atoms with Gasteiger partial charge in [0.15, 0.2) is 0 Å². The van der Waals surface area contributed by atoms with E-state index in [4.69, 9.17) is 9.47 Å². The fraction of sp³-hybridized carbons (Fsp3) is 0.333. The summed E-state index contributed by atoms with van der Waals surface area (Å²) in [4.78, 5) is 25.8. The van der Waals surface area contributed by atoms with Crippen LogP contribution in [0.3, 0.4) is 0 Å². The van der Waals surface area contributed by atoms with Gasteiger partial charge in [0.1, 0.15) is 12.6 Å². The molecule has 37 heavy (non-hydrogen) atoms. The number of carbonyl (C=O) groups excluding carboxylic acids is 2. The lowest BCUT2D eigenvalue weighted by atomic mass is 10.0. The number of fused-ring (bicyclic) bond motifs is 1. The third kappa shape index (κ3) is 6.27. The van der Waals surface area contributed by atoms with Crippen molar-refractivity contribution >= 4 is 38.5 Å². The first-order chi connectivity index (χ1) is 17.8.